The van der Waals surface area contributed by atoms with Gasteiger partial charge in [0.1, 0.15) is 0 Å². The molecule has 0 spiro atoms. The lowest BCUT2D eigenvalue weighted by atomic mass is 10.0. The van der Waals surface area contributed by atoms with Crippen molar-refractivity contribution in [3.05, 3.63) is 71.3 Å². The molecule has 0 aliphatic carbocycles. The van der Waals surface area contributed by atoms with Gasteiger partial charge in [0.2, 0.25) is 5.91 Å². The van der Waals surface area contributed by atoms with Crippen molar-refractivity contribution in [1.29, 1.82) is 0 Å². The monoisotopic (exact) mass is 365 g/mol. The third kappa shape index (κ3) is 6.26. The van der Waals surface area contributed by atoms with Gasteiger partial charge in [-0.2, -0.15) is 0 Å². The van der Waals surface area contributed by atoms with E-state index in [2.05, 4.69) is 46.3 Å². The van der Waals surface area contributed by atoms with Crippen molar-refractivity contribution in [3.63, 3.8) is 0 Å². The zero-order valence-corrected chi connectivity index (χ0v) is 17.1. The maximum atomic E-state index is 12.2. The fourth-order valence-electron chi connectivity index (χ4n) is 2.89. The minimum absolute atomic E-state index is 0.0799. The van der Waals surface area contributed by atoms with Gasteiger partial charge >= 0.3 is 0 Å². The Morgan fingerprint density at radius 3 is 2.15 bits per heavy atom. The summed E-state index contributed by atoms with van der Waals surface area (Å²) in [5.41, 5.74) is 4.68. The van der Waals surface area contributed by atoms with Crippen molar-refractivity contribution in [2.45, 2.75) is 19.4 Å². The van der Waals surface area contributed by atoms with Crippen LogP contribution in [0.25, 0.3) is 6.08 Å². The van der Waals surface area contributed by atoms with E-state index in [4.69, 9.17) is 0 Å². The molecule has 0 saturated heterocycles. The highest BCUT2D eigenvalue weighted by molar-refractivity contribution is 5.91. The van der Waals surface area contributed by atoms with Crippen molar-refractivity contribution in [2.24, 2.45) is 0 Å². The first-order chi connectivity index (χ1) is 12.9. The third-order valence-corrected chi connectivity index (χ3v) is 4.70. The fourth-order valence-corrected chi connectivity index (χ4v) is 2.89. The number of nitrogens with zero attached hydrogens (tertiary/aromatic N) is 2. The third-order valence-electron chi connectivity index (χ3n) is 4.70. The zero-order chi connectivity index (χ0) is 19.8. The molecule has 0 fully saturated rings. The Hall–Kier alpha value is -2.59. The molecule has 2 aromatic carbocycles. The predicted molar refractivity (Wildman–Crippen MR) is 115 cm³/mol. The van der Waals surface area contributed by atoms with E-state index in [1.165, 1.54) is 11.1 Å². The highest BCUT2D eigenvalue weighted by Crippen LogP contribution is 2.18. The van der Waals surface area contributed by atoms with Crippen molar-refractivity contribution in [3.8, 4) is 0 Å². The van der Waals surface area contributed by atoms with Crippen molar-refractivity contribution in [1.82, 2.24) is 10.2 Å². The van der Waals surface area contributed by atoms with Gasteiger partial charge in [-0.15, -0.1) is 0 Å². The molecule has 4 heteroatoms. The molecule has 1 amide bonds. The van der Waals surface area contributed by atoms with Crippen LogP contribution in [-0.2, 0) is 11.2 Å². The molecule has 0 saturated carbocycles. The van der Waals surface area contributed by atoms with Crippen LogP contribution in [0.1, 0.15) is 29.7 Å². The summed E-state index contributed by atoms with van der Waals surface area (Å²) in [6, 6.07) is 16.9. The number of hydrogen-bond acceptors (Lipinski definition) is 3. The Labute approximate surface area is 163 Å². The summed E-state index contributed by atoms with van der Waals surface area (Å²) >= 11 is 0. The molecule has 0 bridgehead atoms. The van der Waals surface area contributed by atoms with Gasteiger partial charge in [-0.1, -0.05) is 43.3 Å². The molecule has 144 valence electrons. The van der Waals surface area contributed by atoms with Crippen LogP contribution in [0.3, 0.4) is 0 Å². The van der Waals surface area contributed by atoms with Crippen LogP contribution in [0.5, 0.6) is 0 Å². The first-order valence-electron chi connectivity index (χ1n) is 9.39. The second-order valence-corrected chi connectivity index (χ2v) is 7.14. The highest BCUT2D eigenvalue weighted by Gasteiger charge is 2.14. The summed E-state index contributed by atoms with van der Waals surface area (Å²) in [5, 5.41) is 3.02. The maximum Gasteiger partial charge on any atom is 0.244 e. The Kier molecular flexibility index (Phi) is 7.62. The van der Waals surface area contributed by atoms with Crippen LogP contribution in [0.15, 0.2) is 54.6 Å². The SMILES string of the molecule is CCc1ccc(C(CNC(=O)C=Cc2ccc(N(C)C)cc2)N(C)C)cc1. The van der Waals surface area contributed by atoms with Gasteiger partial charge in [0.15, 0.2) is 0 Å². The van der Waals surface area contributed by atoms with Crippen LogP contribution < -0.4 is 10.2 Å². The van der Waals surface area contributed by atoms with E-state index in [9.17, 15) is 4.79 Å². The molecule has 0 aliphatic rings. The highest BCUT2D eigenvalue weighted by atomic mass is 16.1. The molecular weight excluding hydrogens is 334 g/mol. The Morgan fingerprint density at radius 2 is 1.63 bits per heavy atom. The number of amides is 1. The normalized spacial score (nSPS) is 12.4. The lowest BCUT2D eigenvalue weighted by molar-refractivity contribution is -0.116. The average Bonchev–Trinajstić information content (AvgIpc) is 2.67. The van der Waals surface area contributed by atoms with Crippen LogP contribution >= 0.6 is 0 Å². The van der Waals surface area contributed by atoms with Gasteiger partial charge in [-0.3, -0.25) is 4.79 Å². The number of carbonyl (C=O) groups excluding carboxylic acids is 1. The largest absolute Gasteiger partial charge is 0.378 e. The second kappa shape index (κ2) is 9.93. The number of rotatable bonds is 8. The lowest BCUT2D eigenvalue weighted by Gasteiger charge is -2.25. The number of nitrogens with one attached hydrogen (secondary N) is 1. The number of benzene rings is 2. The number of carbonyl (C=O) groups is 1. The van der Waals surface area contributed by atoms with Crippen molar-refractivity contribution >= 4 is 17.7 Å². The summed E-state index contributed by atoms with van der Waals surface area (Å²) in [5.74, 6) is -0.0799. The fraction of sp³-hybridized carbons (Fsp3) is 0.348. The number of likely N-dealkylation sites (N-methyl/N-ethyl adjacent to an activating group) is 1. The molecule has 2 aromatic rings. The first kappa shape index (κ1) is 20.7. The molecule has 0 aromatic heterocycles. The topological polar surface area (TPSA) is 35.6 Å². The summed E-state index contributed by atoms with van der Waals surface area (Å²) in [4.78, 5) is 16.4. The van der Waals surface area contributed by atoms with E-state index < -0.39 is 0 Å². The maximum absolute atomic E-state index is 12.2. The summed E-state index contributed by atoms with van der Waals surface area (Å²) in [6.45, 7) is 2.72. The number of aryl methyl sites for hydroxylation is 1. The molecule has 0 radical (unpaired) electrons. The molecule has 1 atom stereocenters. The van der Waals surface area contributed by atoms with Gasteiger partial charge in [0, 0.05) is 32.4 Å². The molecule has 1 N–H and O–H groups in total. The van der Waals surface area contributed by atoms with Gasteiger partial charge in [-0.05, 0) is 55.4 Å². The number of hydrogen-bond donors (Lipinski definition) is 1. The molecule has 0 aliphatic heterocycles. The van der Waals surface area contributed by atoms with Gasteiger partial charge in [-0.25, -0.2) is 0 Å². The quantitative estimate of drug-likeness (QED) is 0.724. The Morgan fingerprint density at radius 1 is 1.00 bits per heavy atom. The van der Waals surface area contributed by atoms with Crippen LogP contribution in [-0.4, -0.2) is 45.5 Å². The smallest absolute Gasteiger partial charge is 0.244 e. The molecular formula is C23H31N3O. The second-order valence-electron chi connectivity index (χ2n) is 7.14. The first-order valence-corrected chi connectivity index (χ1v) is 9.39. The van der Waals surface area contributed by atoms with Gasteiger partial charge in [0.25, 0.3) is 0 Å². The standard InChI is InChI=1S/C23H31N3O/c1-6-18-7-12-20(13-8-18)22(26(4)5)17-24-23(27)16-11-19-9-14-21(15-10-19)25(2)3/h7-16,22H,6,17H2,1-5H3,(H,24,27). The Balaban J connectivity index is 1.94. The molecule has 4 nitrogen and oxygen atoms in total. The van der Waals surface area contributed by atoms with Gasteiger partial charge in [0.05, 0.1) is 6.04 Å². The minimum Gasteiger partial charge on any atom is -0.378 e. The van der Waals surface area contributed by atoms with Crippen molar-refractivity contribution < 1.29 is 4.79 Å². The summed E-state index contributed by atoms with van der Waals surface area (Å²) in [6.07, 6.45) is 4.47. The molecule has 0 heterocycles. The van der Waals surface area contributed by atoms with Crippen LogP contribution in [0.2, 0.25) is 0 Å². The van der Waals surface area contributed by atoms with E-state index in [0.717, 1.165) is 17.7 Å². The minimum atomic E-state index is -0.0799. The van der Waals surface area contributed by atoms with Crippen LogP contribution in [0.4, 0.5) is 5.69 Å². The zero-order valence-electron chi connectivity index (χ0n) is 17.1. The summed E-state index contributed by atoms with van der Waals surface area (Å²) in [7, 11) is 8.09. The van der Waals surface area contributed by atoms with E-state index in [-0.39, 0.29) is 11.9 Å². The van der Waals surface area contributed by atoms with E-state index in [0.29, 0.717) is 6.54 Å². The summed E-state index contributed by atoms with van der Waals surface area (Å²) < 4.78 is 0. The molecule has 27 heavy (non-hydrogen) atoms. The Bertz CT molecular complexity index is 746. The predicted octanol–water partition coefficient (Wildman–Crippen LogP) is 3.75. The van der Waals surface area contributed by atoms with E-state index >= 15 is 0 Å². The van der Waals surface area contributed by atoms with Crippen LogP contribution in [0, 0.1) is 0 Å². The molecule has 2 rings (SSSR count). The van der Waals surface area contributed by atoms with Crippen molar-refractivity contribution in [2.75, 3.05) is 39.6 Å². The average molecular weight is 366 g/mol. The molecule has 1 unspecified atom stereocenters. The van der Waals surface area contributed by atoms with Gasteiger partial charge < -0.3 is 15.1 Å². The number of anilines is 1. The van der Waals surface area contributed by atoms with E-state index in [1.54, 1.807) is 6.08 Å². The lowest BCUT2D eigenvalue weighted by Crippen LogP contribution is -2.33. The van der Waals surface area contributed by atoms with E-state index in [1.807, 2.05) is 58.5 Å².